The standard InChI is InChI=1S/C16H27N3O2/c1-11-5-4-7-16(10-11,20-3)15-18-14(21-19-15)13-6-8-17-12(2)9-13/h11-13,17H,4-10H2,1-3H3. The molecule has 2 fully saturated rings. The van der Waals surface area contributed by atoms with Crippen LogP contribution in [0.1, 0.15) is 70.0 Å². The summed E-state index contributed by atoms with van der Waals surface area (Å²) in [6, 6.07) is 0.519. The van der Waals surface area contributed by atoms with E-state index in [0.717, 1.165) is 43.9 Å². The molecular weight excluding hydrogens is 266 g/mol. The molecule has 1 saturated carbocycles. The number of nitrogens with zero attached hydrogens (tertiary/aromatic N) is 2. The number of hydrogen-bond acceptors (Lipinski definition) is 5. The summed E-state index contributed by atoms with van der Waals surface area (Å²) >= 11 is 0. The average molecular weight is 293 g/mol. The lowest BCUT2D eigenvalue weighted by molar-refractivity contribution is -0.0658. The Morgan fingerprint density at radius 1 is 1.33 bits per heavy atom. The van der Waals surface area contributed by atoms with Gasteiger partial charge in [0.25, 0.3) is 0 Å². The Morgan fingerprint density at radius 3 is 2.90 bits per heavy atom. The first-order valence-corrected chi connectivity index (χ1v) is 8.25. The molecule has 1 N–H and O–H groups in total. The molecule has 0 spiro atoms. The van der Waals surface area contributed by atoms with Crippen molar-refractivity contribution in [3.05, 3.63) is 11.7 Å². The minimum atomic E-state index is -0.335. The number of nitrogens with one attached hydrogen (secondary N) is 1. The molecule has 3 rings (SSSR count). The molecule has 0 bridgehead atoms. The topological polar surface area (TPSA) is 60.2 Å². The lowest BCUT2D eigenvalue weighted by Gasteiger charge is -2.36. The third kappa shape index (κ3) is 2.99. The number of methoxy groups -OCH3 is 1. The highest BCUT2D eigenvalue weighted by Gasteiger charge is 2.41. The van der Waals surface area contributed by atoms with E-state index in [9.17, 15) is 0 Å². The van der Waals surface area contributed by atoms with Gasteiger partial charge in [0.2, 0.25) is 11.7 Å². The molecular formula is C16H27N3O2. The van der Waals surface area contributed by atoms with Crippen LogP contribution in [-0.2, 0) is 10.3 Å². The number of piperidine rings is 1. The Labute approximate surface area is 126 Å². The van der Waals surface area contributed by atoms with Crippen LogP contribution >= 0.6 is 0 Å². The summed E-state index contributed by atoms with van der Waals surface area (Å²) in [6.45, 7) is 5.52. The minimum Gasteiger partial charge on any atom is -0.370 e. The molecule has 2 aliphatic rings. The van der Waals surface area contributed by atoms with Crippen LogP contribution in [0.25, 0.3) is 0 Å². The van der Waals surface area contributed by atoms with Gasteiger partial charge in [-0.15, -0.1) is 0 Å². The fourth-order valence-corrected chi connectivity index (χ4v) is 3.93. The maximum absolute atomic E-state index is 5.86. The first-order chi connectivity index (χ1) is 10.1. The summed E-state index contributed by atoms with van der Waals surface area (Å²) in [6.07, 6.45) is 6.56. The molecule has 1 saturated heterocycles. The summed E-state index contributed by atoms with van der Waals surface area (Å²) in [7, 11) is 1.78. The van der Waals surface area contributed by atoms with Crippen molar-refractivity contribution < 1.29 is 9.26 Å². The summed E-state index contributed by atoms with van der Waals surface area (Å²) < 4.78 is 11.5. The normalized spacial score (nSPS) is 37.6. The molecule has 5 nitrogen and oxygen atoms in total. The summed E-state index contributed by atoms with van der Waals surface area (Å²) in [5.74, 6) is 2.60. The van der Waals surface area contributed by atoms with Crippen LogP contribution in [0, 0.1) is 5.92 Å². The van der Waals surface area contributed by atoms with Gasteiger partial charge >= 0.3 is 0 Å². The fourth-order valence-electron chi connectivity index (χ4n) is 3.93. The van der Waals surface area contributed by atoms with Crippen molar-refractivity contribution in [1.82, 2.24) is 15.5 Å². The number of rotatable bonds is 3. The molecule has 1 aliphatic heterocycles. The predicted molar refractivity (Wildman–Crippen MR) is 80.1 cm³/mol. The Bertz CT molecular complexity index is 476. The van der Waals surface area contributed by atoms with Crippen LogP contribution in [0.3, 0.4) is 0 Å². The molecule has 2 heterocycles. The van der Waals surface area contributed by atoms with Crippen LogP contribution in [0.15, 0.2) is 4.52 Å². The van der Waals surface area contributed by atoms with E-state index in [1.807, 2.05) is 0 Å². The zero-order valence-electron chi connectivity index (χ0n) is 13.4. The summed E-state index contributed by atoms with van der Waals surface area (Å²) in [4.78, 5) is 4.74. The average Bonchev–Trinajstić information content (AvgIpc) is 2.97. The van der Waals surface area contributed by atoms with Crippen LogP contribution in [0.5, 0.6) is 0 Å². The molecule has 1 aromatic rings. The van der Waals surface area contributed by atoms with E-state index >= 15 is 0 Å². The van der Waals surface area contributed by atoms with Gasteiger partial charge in [-0.2, -0.15) is 4.98 Å². The quantitative estimate of drug-likeness (QED) is 0.928. The van der Waals surface area contributed by atoms with E-state index in [-0.39, 0.29) is 5.60 Å². The van der Waals surface area contributed by atoms with Gasteiger partial charge < -0.3 is 14.6 Å². The molecule has 4 atom stereocenters. The SMILES string of the molecule is COC1(c2noc(C3CCNC(C)C3)n2)CCCC(C)C1. The second-order valence-corrected chi connectivity index (χ2v) is 6.93. The number of aromatic nitrogens is 2. The van der Waals surface area contributed by atoms with Gasteiger partial charge in [0, 0.05) is 19.1 Å². The lowest BCUT2D eigenvalue weighted by Crippen LogP contribution is -2.36. The van der Waals surface area contributed by atoms with Gasteiger partial charge in [-0.25, -0.2) is 0 Å². The van der Waals surface area contributed by atoms with Crippen molar-refractivity contribution in [2.24, 2.45) is 5.92 Å². The Kier molecular flexibility index (Phi) is 4.31. The third-order valence-corrected chi connectivity index (χ3v) is 5.17. The summed E-state index contributed by atoms with van der Waals surface area (Å²) in [5, 5.41) is 7.75. The Hall–Kier alpha value is -0.940. The first-order valence-electron chi connectivity index (χ1n) is 8.25. The molecule has 5 heteroatoms. The van der Waals surface area contributed by atoms with Crippen LogP contribution < -0.4 is 5.32 Å². The van der Waals surface area contributed by atoms with Gasteiger partial charge in [-0.3, -0.25) is 0 Å². The monoisotopic (exact) mass is 293 g/mol. The van der Waals surface area contributed by atoms with E-state index in [1.54, 1.807) is 7.11 Å². The lowest BCUT2D eigenvalue weighted by atomic mass is 9.78. The van der Waals surface area contributed by atoms with E-state index in [1.165, 1.54) is 12.8 Å². The zero-order valence-corrected chi connectivity index (χ0v) is 13.4. The van der Waals surface area contributed by atoms with E-state index < -0.39 is 0 Å². The van der Waals surface area contributed by atoms with Crippen LogP contribution in [0.4, 0.5) is 0 Å². The molecule has 0 aromatic carbocycles. The van der Waals surface area contributed by atoms with Gasteiger partial charge in [-0.1, -0.05) is 18.5 Å². The highest BCUT2D eigenvalue weighted by molar-refractivity contribution is 5.07. The second kappa shape index (κ2) is 6.05. The number of hydrogen-bond donors (Lipinski definition) is 1. The maximum atomic E-state index is 5.86. The second-order valence-electron chi connectivity index (χ2n) is 6.93. The molecule has 118 valence electrons. The van der Waals surface area contributed by atoms with Crippen LogP contribution in [0.2, 0.25) is 0 Å². The Balaban J connectivity index is 1.79. The smallest absolute Gasteiger partial charge is 0.229 e. The fraction of sp³-hybridized carbons (Fsp3) is 0.875. The maximum Gasteiger partial charge on any atom is 0.229 e. The summed E-state index contributed by atoms with van der Waals surface area (Å²) in [5.41, 5.74) is -0.335. The van der Waals surface area contributed by atoms with E-state index in [0.29, 0.717) is 17.9 Å². The molecule has 1 aromatic heterocycles. The highest BCUT2D eigenvalue weighted by atomic mass is 16.5. The molecule has 0 radical (unpaired) electrons. The molecule has 0 amide bonds. The van der Waals surface area contributed by atoms with Crippen molar-refractivity contribution in [3.8, 4) is 0 Å². The molecule has 1 aliphatic carbocycles. The highest BCUT2D eigenvalue weighted by Crippen LogP contribution is 2.41. The Morgan fingerprint density at radius 2 is 2.19 bits per heavy atom. The van der Waals surface area contributed by atoms with Crippen LogP contribution in [-0.4, -0.2) is 29.8 Å². The van der Waals surface area contributed by atoms with Crippen molar-refractivity contribution in [1.29, 1.82) is 0 Å². The largest absolute Gasteiger partial charge is 0.370 e. The van der Waals surface area contributed by atoms with Crippen molar-refractivity contribution >= 4 is 0 Å². The van der Waals surface area contributed by atoms with Crippen molar-refractivity contribution in [2.75, 3.05) is 13.7 Å². The molecule has 21 heavy (non-hydrogen) atoms. The van der Waals surface area contributed by atoms with Gasteiger partial charge in [0.15, 0.2) is 0 Å². The third-order valence-electron chi connectivity index (χ3n) is 5.17. The van der Waals surface area contributed by atoms with Gasteiger partial charge in [0.05, 0.1) is 0 Å². The first kappa shape index (κ1) is 15.0. The van der Waals surface area contributed by atoms with Crippen molar-refractivity contribution in [2.45, 2.75) is 69.9 Å². The predicted octanol–water partition coefficient (Wildman–Crippen LogP) is 2.98. The minimum absolute atomic E-state index is 0.335. The number of ether oxygens (including phenoxy) is 1. The zero-order chi connectivity index (χ0) is 14.9. The van der Waals surface area contributed by atoms with E-state index in [2.05, 4.69) is 24.3 Å². The van der Waals surface area contributed by atoms with E-state index in [4.69, 9.17) is 14.2 Å². The van der Waals surface area contributed by atoms with Crippen molar-refractivity contribution in [3.63, 3.8) is 0 Å². The van der Waals surface area contributed by atoms with Gasteiger partial charge in [0.1, 0.15) is 5.60 Å². The van der Waals surface area contributed by atoms with Gasteiger partial charge in [-0.05, 0) is 51.5 Å². The molecule has 4 unspecified atom stereocenters.